The summed E-state index contributed by atoms with van der Waals surface area (Å²) in [5, 5.41) is 2.63. The summed E-state index contributed by atoms with van der Waals surface area (Å²) in [6.07, 6.45) is 0.193. The van der Waals surface area contributed by atoms with E-state index in [1.165, 1.54) is 11.3 Å². The molecule has 0 aliphatic carbocycles. The molecule has 1 unspecified atom stereocenters. The number of aromatic nitrogens is 1. The zero-order valence-corrected chi connectivity index (χ0v) is 12.3. The minimum absolute atomic E-state index is 0.154. The minimum atomic E-state index is -0.742. The van der Waals surface area contributed by atoms with E-state index in [0.29, 0.717) is 0 Å². The van der Waals surface area contributed by atoms with E-state index in [1.54, 1.807) is 27.7 Å². The Labute approximate surface area is 111 Å². The fourth-order valence-corrected chi connectivity index (χ4v) is 2.09. The van der Waals surface area contributed by atoms with Crippen LogP contribution in [-0.4, -0.2) is 22.3 Å². The van der Waals surface area contributed by atoms with Crippen molar-refractivity contribution in [1.29, 1.82) is 0 Å². The summed E-state index contributed by atoms with van der Waals surface area (Å²) >= 11 is 1.44. The molecule has 0 N–H and O–H groups in total. The summed E-state index contributed by atoms with van der Waals surface area (Å²) in [4.78, 5) is 27.9. The molecule has 0 amide bonds. The summed E-state index contributed by atoms with van der Waals surface area (Å²) in [7, 11) is 0. The fraction of sp³-hybridized carbons (Fsp3) is 0.615. The van der Waals surface area contributed by atoms with Crippen LogP contribution in [0.5, 0.6) is 0 Å². The van der Waals surface area contributed by atoms with Crippen molar-refractivity contribution < 1.29 is 14.3 Å². The number of esters is 1. The molecule has 1 atom stereocenters. The molecule has 1 aromatic heterocycles. The van der Waals surface area contributed by atoms with Crippen molar-refractivity contribution in [3.8, 4) is 0 Å². The molecule has 0 aromatic carbocycles. The molecule has 0 radical (unpaired) electrons. The third-order valence-electron chi connectivity index (χ3n) is 2.24. The number of nitrogens with zero attached hydrogens (tertiary/aromatic N) is 1. The number of aryl methyl sites for hydroxylation is 1. The van der Waals surface area contributed by atoms with Gasteiger partial charge in [0.05, 0.1) is 6.42 Å². The van der Waals surface area contributed by atoms with Gasteiger partial charge in [0.2, 0.25) is 0 Å². The Kier molecular flexibility index (Phi) is 4.62. The van der Waals surface area contributed by atoms with E-state index in [0.717, 1.165) is 10.7 Å². The number of thiazole rings is 1. The number of ether oxygens (including phenoxy) is 1. The van der Waals surface area contributed by atoms with Gasteiger partial charge in [-0.15, -0.1) is 11.3 Å². The number of carbonyl (C=O) groups is 2. The van der Waals surface area contributed by atoms with Crippen molar-refractivity contribution in [2.75, 3.05) is 0 Å². The van der Waals surface area contributed by atoms with Crippen molar-refractivity contribution in [2.45, 2.75) is 46.6 Å². The third kappa shape index (κ3) is 4.56. The van der Waals surface area contributed by atoms with Gasteiger partial charge in [-0.25, -0.2) is 4.98 Å². The first kappa shape index (κ1) is 14.8. The van der Waals surface area contributed by atoms with E-state index in [1.807, 2.05) is 12.3 Å². The highest BCUT2D eigenvalue weighted by atomic mass is 32.1. The molecule has 0 aliphatic rings. The smallest absolute Gasteiger partial charge is 0.316 e. The van der Waals surface area contributed by atoms with Crippen LogP contribution in [0.2, 0.25) is 0 Å². The highest BCUT2D eigenvalue weighted by Gasteiger charge is 2.27. The molecular formula is C13H19NO3S. The Hall–Kier alpha value is -1.23. The highest BCUT2D eigenvalue weighted by molar-refractivity contribution is 7.09. The molecule has 0 saturated carbocycles. The monoisotopic (exact) mass is 269 g/mol. The van der Waals surface area contributed by atoms with Crippen molar-refractivity contribution in [1.82, 2.24) is 4.98 Å². The lowest BCUT2D eigenvalue weighted by Crippen LogP contribution is -2.31. The second kappa shape index (κ2) is 5.61. The fourth-order valence-electron chi connectivity index (χ4n) is 1.31. The second-order valence-electron chi connectivity index (χ2n) is 5.28. The summed E-state index contributed by atoms with van der Waals surface area (Å²) in [6, 6.07) is 0. The number of hydrogen-bond acceptors (Lipinski definition) is 5. The summed E-state index contributed by atoms with van der Waals surface area (Å²) in [5.74, 6) is -1.37. The summed E-state index contributed by atoms with van der Waals surface area (Å²) in [5.41, 5.74) is 0.330. The lowest BCUT2D eigenvalue weighted by atomic mass is 10.0. The summed E-state index contributed by atoms with van der Waals surface area (Å²) in [6.45, 7) is 8.81. The molecule has 0 spiro atoms. The first-order valence-corrected chi connectivity index (χ1v) is 6.73. The van der Waals surface area contributed by atoms with Crippen molar-refractivity contribution in [3.05, 3.63) is 16.1 Å². The van der Waals surface area contributed by atoms with Gasteiger partial charge in [-0.3, -0.25) is 9.59 Å². The molecule has 1 heterocycles. The lowest BCUT2D eigenvalue weighted by molar-refractivity contribution is -0.161. The van der Waals surface area contributed by atoms with Crippen LogP contribution in [0.1, 0.15) is 38.4 Å². The molecule has 5 heteroatoms. The van der Waals surface area contributed by atoms with Gasteiger partial charge in [0.25, 0.3) is 0 Å². The largest absolute Gasteiger partial charge is 0.459 e. The maximum absolute atomic E-state index is 11.9. The van der Waals surface area contributed by atoms with E-state index >= 15 is 0 Å². The van der Waals surface area contributed by atoms with Gasteiger partial charge in [0.1, 0.15) is 16.5 Å². The minimum Gasteiger partial charge on any atom is -0.459 e. The van der Waals surface area contributed by atoms with Crippen LogP contribution in [0.25, 0.3) is 0 Å². The van der Waals surface area contributed by atoms with Gasteiger partial charge >= 0.3 is 5.97 Å². The Morgan fingerprint density at radius 3 is 2.50 bits per heavy atom. The second-order valence-corrected chi connectivity index (χ2v) is 6.22. The number of hydrogen-bond donors (Lipinski definition) is 0. The molecule has 0 fully saturated rings. The predicted octanol–water partition coefficient (Wildman–Crippen LogP) is 2.54. The van der Waals surface area contributed by atoms with Crippen LogP contribution >= 0.6 is 11.3 Å². The SMILES string of the molecule is Cc1csc(CC(=O)C(C)C(=O)OC(C)(C)C)n1. The van der Waals surface area contributed by atoms with Gasteiger partial charge in [-0.05, 0) is 34.6 Å². The summed E-state index contributed by atoms with van der Waals surface area (Å²) < 4.78 is 5.19. The van der Waals surface area contributed by atoms with Crippen molar-refractivity contribution >= 4 is 23.1 Å². The third-order valence-corrected chi connectivity index (χ3v) is 3.20. The van der Waals surface area contributed by atoms with Gasteiger partial charge in [0.15, 0.2) is 5.78 Å². The molecule has 1 aromatic rings. The van der Waals surface area contributed by atoms with E-state index in [9.17, 15) is 9.59 Å². The Morgan fingerprint density at radius 1 is 1.44 bits per heavy atom. The molecule has 4 nitrogen and oxygen atoms in total. The van der Waals surface area contributed by atoms with Crippen molar-refractivity contribution in [2.24, 2.45) is 5.92 Å². The average Bonchev–Trinajstić information content (AvgIpc) is 2.60. The van der Waals surface area contributed by atoms with E-state index in [4.69, 9.17) is 4.74 Å². The maximum atomic E-state index is 11.9. The Balaban J connectivity index is 2.59. The zero-order chi connectivity index (χ0) is 13.9. The number of carbonyl (C=O) groups excluding carboxylic acids is 2. The van der Waals surface area contributed by atoms with E-state index in [2.05, 4.69) is 4.98 Å². The molecular weight excluding hydrogens is 250 g/mol. The number of rotatable bonds is 4. The zero-order valence-electron chi connectivity index (χ0n) is 11.4. The predicted molar refractivity (Wildman–Crippen MR) is 70.6 cm³/mol. The highest BCUT2D eigenvalue weighted by Crippen LogP contribution is 2.15. The van der Waals surface area contributed by atoms with Crippen LogP contribution in [0, 0.1) is 12.8 Å². The standard InChI is InChI=1S/C13H19NO3S/c1-8-7-18-11(14-8)6-10(15)9(2)12(16)17-13(3,4)5/h7,9H,6H2,1-5H3. The molecule has 1 rings (SSSR count). The van der Waals surface area contributed by atoms with E-state index < -0.39 is 17.5 Å². The van der Waals surface area contributed by atoms with Crippen LogP contribution in [-0.2, 0) is 20.7 Å². The molecule has 0 saturated heterocycles. The Morgan fingerprint density at radius 2 is 2.06 bits per heavy atom. The molecule has 0 aliphatic heterocycles. The van der Waals surface area contributed by atoms with Crippen LogP contribution in [0.4, 0.5) is 0 Å². The van der Waals surface area contributed by atoms with Gasteiger partial charge in [0, 0.05) is 11.1 Å². The normalized spacial score (nSPS) is 13.2. The first-order valence-electron chi connectivity index (χ1n) is 5.85. The first-order chi connectivity index (χ1) is 8.19. The van der Waals surface area contributed by atoms with Crippen molar-refractivity contribution in [3.63, 3.8) is 0 Å². The maximum Gasteiger partial charge on any atom is 0.316 e. The number of Topliss-reactive ketones (excluding diaryl/α,β-unsaturated/α-hetero) is 1. The van der Waals surface area contributed by atoms with Gasteiger partial charge < -0.3 is 4.74 Å². The van der Waals surface area contributed by atoms with Crippen LogP contribution < -0.4 is 0 Å². The topological polar surface area (TPSA) is 56.3 Å². The van der Waals surface area contributed by atoms with E-state index in [-0.39, 0.29) is 12.2 Å². The van der Waals surface area contributed by atoms with Gasteiger partial charge in [-0.2, -0.15) is 0 Å². The van der Waals surface area contributed by atoms with Gasteiger partial charge in [-0.1, -0.05) is 0 Å². The molecule has 18 heavy (non-hydrogen) atoms. The number of ketones is 1. The lowest BCUT2D eigenvalue weighted by Gasteiger charge is -2.21. The molecule has 100 valence electrons. The quantitative estimate of drug-likeness (QED) is 0.622. The average molecular weight is 269 g/mol. The van der Waals surface area contributed by atoms with Crippen LogP contribution in [0.3, 0.4) is 0 Å². The van der Waals surface area contributed by atoms with Crippen LogP contribution in [0.15, 0.2) is 5.38 Å². The molecule has 0 bridgehead atoms. The Bertz CT molecular complexity index is 445.